The Kier molecular flexibility index (Phi) is 5.69. The standard InChI is InChI=1S/C22H19N3OS2/c1-27-18-11-9-16(10-12-18)14-21(26)25(15-17-6-4-5-13-23-17)22-24-19-7-2-3-8-20(19)28-22/h2-13H,14-15H2,1H3. The number of hydrogen-bond acceptors (Lipinski definition) is 5. The topological polar surface area (TPSA) is 46.1 Å². The van der Waals surface area contributed by atoms with Gasteiger partial charge in [0.2, 0.25) is 5.91 Å². The normalized spacial score (nSPS) is 10.9. The highest BCUT2D eigenvalue weighted by atomic mass is 32.2. The van der Waals surface area contributed by atoms with Gasteiger partial charge in [-0.15, -0.1) is 11.8 Å². The molecule has 6 heteroatoms. The van der Waals surface area contributed by atoms with Crippen LogP contribution in [0, 0.1) is 0 Å². The smallest absolute Gasteiger partial charge is 0.233 e. The van der Waals surface area contributed by atoms with Crippen molar-refractivity contribution in [3.63, 3.8) is 0 Å². The molecule has 28 heavy (non-hydrogen) atoms. The maximum absolute atomic E-state index is 13.2. The highest BCUT2D eigenvalue weighted by Crippen LogP contribution is 2.30. The molecule has 2 aromatic carbocycles. The maximum atomic E-state index is 13.2. The van der Waals surface area contributed by atoms with Gasteiger partial charge in [-0.3, -0.25) is 14.7 Å². The molecule has 0 atom stereocenters. The highest BCUT2D eigenvalue weighted by molar-refractivity contribution is 7.98. The summed E-state index contributed by atoms with van der Waals surface area (Å²) in [4.78, 5) is 25.2. The molecule has 0 saturated heterocycles. The first-order chi connectivity index (χ1) is 13.7. The van der Waals surface area contributed by atoms with Crippen LogP contribution < -0.4 is 4.90 Å². The number of fused-ring (bicyclic) bond motifs is 1. The third-order valence-corrected chi connectivity index (χ3v) is 6.18. The maximum Gasteiger partial charge on any atom is 0.233 e. The summed E-state index contributed by atoms with van der Waals surface area (Å²) in [5, 5.41) is 0.706. The average Bonchev–Trinajstić information content (AvgIpc) is 3.17. The first-order valence-corrected chi connectivity index (χ1v) is 11.0. The minimum absolute atomic E-state index is 0.0154. The fraction of sp³-hybridized carbons (Fsp3) is 0.136. The molecule has 2 aromatic heterocycles. The van der Waals surface area contributed by atoms with Crippen molar-refractivity contribution >= 4 is 44.4 Å². The molecule has 4 rings (SSSR count). The van der Waals surface area contributed by atoms with Gasteiger partial charge in [0.05, 0.1) is 28.9 Å². The molecule has 0 fully saturated rings. The first-order valence-electron chi connectivity index (χ1n) is 8.92. The molecule has 4 nitrogen and oxygen atoms in total. The van der Waals surface area contributed by atoms with E-state index in [1.54, 1.807) is 22.9 Å². The number of hydrogen-bond donors (Lipinski definition) is 0. The lowest BCUT2D eigenvalue weighted by atomic mass is 10.1. The van der Waals surface area contributed by atoms with Gasteiger partial charge in [-0.2, -0.15) is 0 Å². The molecule has 0 aliphatic heterocycles. The molecule has 2 heterocycles. The van der Waals surface area contributed by atoms with Gasteiger partial charge in [0.1, 0.15) is 0 Å². The highest BCUT2D eigenvalue weighted by Gasteiger charge is 2.21. The number of thiazole rings is 1. The third kappa shape index (κ3) is 4.24. The van der Waals surface area contributed by atoms with E-state index in [9.17, 15) is 4.79 Å². The number of anilines is 1. The molecule has 0 spiro atoms. The Labute approximate surface area is 172 Å². The number of nitrogens with zero attached hydrogens (tertiary/aromatic N) is 3. The second-order valence-electron chi connectivity index (χ2n) is 6.29. The summed E-state index contributed by atoms with van der Waals surface area (Å²) in [7, 11) is 0. The zero-order valence-electron chi connectivity index (χ0n) is 15.4. The van der Waals surface area contributed by atoms with Crippen molar-refractivity contribution in [1.29, 1.82) is 0 Å². The van der Waals surface area contributed by atoms with Gasteiger partial charge in [-0.05, 0) is 48.2 Å². The number of rotatable bonds is 6. The van der Waals surface area contributed by atoms with Crippen molar-refractivity contribution in [2.75, 3.05) is 11.2 Å². The van der Waals surface area contributed by atoms with Gasteiger partial charge in [0.25, 0.3) is 0 Å². The van der Waals surface area contributed by atoms with Crippen molar-refractivity contribution in [3.8, 4) is 0 Å². The summed E-state index contributed by atoms with van der Waals surface area (Å²) in [6.45, 7) is 0.405. The van der Waals surface area contributed by atoms with Crippen LogP contribution >= 0.6 is 23.1 Å². The van der Waals surface area contributed by atoms with E-state index in [-0.39, 0.29) is 5.91 Å². The number of carbonyl (C=O) groups is 1. The molecule has 0 saturated carbocycles. The molecule has 4 aromatic rings. The van der Waals surface area contributed by atoms with Gasteiger partial charge < -0.3 is 0 Å². The van der Waals surface area contributed by atoms with Crippen LogP contribution in [0.1, 0.15) is 11.3 Å². The average molecular weight is 406 g/mol. The van der Waals surface area contributed by atoms with Crippen LogP contribution in [0.15, 0.2) is 77.8 Å². The molecule has 0 aliphatic rings. The van der Waals surface area contributed by atoms with E-state index >= 15 is 0 Å². The lowest BCUT2D eigenvalue weighted by Crippen LogP contribution is -2.32. The summed E-state index contributed by atoms with van der Waals surface area (Å²) in [6.07, 6.45) is 4.12. The van der Waals surface area contributed by atoms with Crippen LogP contribution in [0.2, 0.25) is 0 Å². The van der Waals surface area contributed by atoms with E-state index in [0.717, 1.165) is 21.5 Å². The van der Waals surface area contributed by atoms with E-state index in [0.29, 0.717) is 18.1 Å². The van der Waals surface area contributed by atoms with Crippen molar-refractivity contribution in [1.82, 2.24) is 9.97 Å². The van der Waals surface area contributed by atoms with Crippen molar-refractivity contribution in [2.24, 2.45) is 0 Å². The molecule has 0 N–H and O–H groups in total. The zero-order chi connectivity index (χ0) is 19.3. The third-order valence-electron chi connectivity index (χ3n) is 4.38. The van der Waals surface area contributed by atoms with E-state index in [1.165, 1.54) is 16.2 Å². The minimum Gasteiger partial charge on any atom is -0.282 e. The van der Waals surface area contributed by atoms with Gasteiger partial charge in [-0.25, -0.2) is 4.98 Å². The van der Waals surface area contributed by atoms with Gasteiger partial charge in [0.15, 0.2) is 5.13 Å². The van der Waals surface area contributed by atoms with Gasteiger partial charge >= 0.3 is 0 Å². The fourth-order valence-electron chi connectivity index (χ4n) is 2.91. The number of carbonyl (C=O) groups excluding carboxylic acids is 1. The van der Waals surface area contributed by atoms with Crippen molar-refractivity contribution in [2.45, 2.75) is 17.9 Å². The minimum atomic E-state index is 0.0154. The molecule has 0 radical (unpaired) electrons. The number of amides is 1. The second-order valence-corrected chi connectivity index (χ2v) is 8.18. The molecule has 0 bridgehead atoms. The van der Waals surface area contributed by atoms with Crippen LogP contribution in [0.25, 0.3) is 10.2 Å². The predicted octanol–water partition coefficient (Wildman–Crippen LogP) is 5.19. The lowest BCUT2D eigenvalue weighted by molar-refractivity contribution is -0.118. The number of para-hydroxylation sites is 1. The van der Waals surface area contributed by atoms with E-state index in [1.807, 2.05) is 73.0 Å². The van der Waals surface area contributed by atoms with Crippen LogP contribution in [0.3, 0.4) is 0 Å². The van der Waals surface area contributed by atoms with Crippen LogP contribution in [0.5, 0.6) is 0 Å². The fourth-order valence-corrected chi connectivity index (χ4v) is 4.30. The Hall–Kier alpha value is -2.70. The van der Waals surface area contributed by atoms with Gasteiger partial charge in [-0.1, -0.05) is 41.7 Å². The number of aromatic nitrogens is 2. The summed E-state index contributed by atoms with van der Waals surface area (Å²) in [5.74, 6) is 0.0154. The largest absolute Gasteiger partial charge is 0.282 e. The summed E-state index contributed by atoms with van der Waals surface area (Å²) < 4.78 is 1.07. The zero-order valence-corrected chi connectivity index (χ0v) is 17.0. The number of benzene rings is 2. The lowest BCUT2D eigenvalue weighted by Gasteiger charge is -2.19. The number of thioether (sulfide) groups is 1. The second kappa shape index (κ2) is 8.54. The van der Waals surface area contributed by atoms with E-state index in [4.69, 9.17) is 4.98 Å². The SMILES string of the molecule is CSc1ccc(CC(=O)N(Cc2ccccn2)c2nc3ccccc3s2)cc1. The Morgan fingerprint density at radius 3 is 2.54 bits per heavy atom. The van der Waals surface area contributed by atoms with Crippen LogP contribution in [-0.4, -0.2) is 22.1 Å². The quantitative estimate of drug-likeness (QED) is 0.414. The summed E-state index contributed by atoms with van der Waals surface area (Å²) in [5.41, 5.74) is 2.74. The summed E-state index contributed by atoms with van der Waals surface area (Å²) in [6, 6.07) is 21.8. The van der Waals surface area contributed by atoms with Gasteiger partial charge in [0, 0.05) is 11.1 Å². The van der Waals surface area contributed by atoms with Crippen molar-refractivity contribution < 1.29 is 4.79 Å². The number of pyridine rings is 1. The Bertz CT molecular complexity index is 1040. The molecular weight excluding hydrogens is 386 g/mol. The van der Waals surface area contributed by atoms with E-state index < -0.39 is 0 Å². The van der Waals surface area contributed by atoms with Crippen LogP contribution in [0.4, 0.5) is 5.13 Å². The molecule has 1 amide bonds. The molecule has 0 unspecified atom stereocenters. The Morgan fingerprint density at radius 1 is 1.04 bits per heavy atom. The monoisotopic (exact) mass is 405 g/mol. The predicted molar refractivity (Wildman–Crippen MR) is 117 cm³/mol. The summed E-state index contributed by atoms with van der Waals surface area (Å²) >= 11 is 3.22. The molecule has 0 aliphatic carbocycles. The first kappa shape index (κ1) is 18.7. The van der Waals surface area contributed by atoms with E-state index in [2.05, 4.69) is 4.98 Å². The van der Waals surface area contributed by atoms with Crippen LogP contribution in [-0.2, 0) is 17.8 Å². The molecular formula is C22H19N3OS2. The Morgan fingerprint density at radius 2 is 1.82 bits per heavy atom. The Balaban J connectivity index is 1.64. The van der Waals surface area contributed by atoms with Crippen molar-refractivity contribution in [3.05, 3.63) is 84.2 Å². The molecule has 140 valence electrons.